The van der Waals surface area contributed by atoms with E-state index < -0.39 is 0 Å². The standard InChI is InChI=1S/C18H23NO2S/c1-21-16(10-11-22-2)13-19-18(20)12-15-8-5-7-14-6-3-4-9-17(14)15/h3-9,16H,10-13H2,1-2H3,(H,19,20). The molecule has 0 saturated heterocycles. The number of nitrogens with one attached hydrogen (secondary N) is 1. The molecule has 1 atom stereocenters. The fourth-order valence-electron chi connectivity index (χ4n) is 2.46. The minimum Gasteiger partial charge on any atom is -0.380 e. The van der Waals surface area contributed by atoms with Gasteiger partial charge in [0.05, 0.1) is 12.5 Å². The van der Waals surface area contributed by atoms with Gasteiger partial charge in [-0.15, -0.1) is 0 Å². The van der Waals surface area contributed by atoms with E-state index in [1.807, 2.05) is 24.3 Å². The van der Waals surface area contributed by atoms with Crippen LogP contribution in [-0.4, -0.2) is 37.7 Å². The number of carbonyl (C=O) groups is 1. The van der Waals surface area contributed by atoms with Gasteiger partial charge in [-0.25, -0.2) is 0 Å². The van der Waals surface area contributed by atoms with E-state index in [1.54, 1.807) is 18.9 Å². The summed E-state index contributed by atoms with van der Waals surface area (Å²) in [6.45, 7) is 0.570. The summed E-state index contributed by atoms with van der Waals surface area (Å²) in [4.78, 5) is 12.2. The third-order valence-electron chi connectivity index (χ3n) is 3.74. The van der Waals surface area contributed by atoms with Gasteiger partial charge >= 0.3 is 0 Å². The predicted octanol–water partition coefficient (Wildman–Crippen LogP) is 3.27. The van der Waals surface area contributed by atoms with Crippen molar-refractivity contribution in [3.63, 3.8) is 0 Å². The van der Waals surface area contributed by atoms with Gasteiger partial charge in [-0.3, -0.25) is 4.79 Å². The molecule has 118 valence electrons. The van der Waals surface area contributed by atoms with Crippen molar-refractivity contribution in [3.05, 3.63) is 48.0 Å². The summed E-state index contributed by atoms with van der Waals surface area (Å²) in [5.74, 6) is 1.08. The lowest BCUT2D eigenvalue weighted by molar-refractivity contribution is -0.121. The molecule has 2 aromatic rings. The number of methoxy groups -OCH3 is 1. The number of ether oxygens (including phenoxy) is 1. The largest absolute Gasteiger partial charge is 0.380 e. The molecule has 3 nitrogen and oxygen atoms in total. The van der Waals surface area contributed by atoms with Gasteiger partial charge in [-0.05, 0) is 34.8 Å². The third kappa shape index (κ3) is 4.75. The summed E-state index contributed by atoms with van der Waals surface area (Å²) < 4.78 is 5.40. The molecule has 2 aromatic carbocycles. The van der Waals surface area contributed by atoms with Crippen LogP contribution in [0.4, 0.5) is 0 Å². The van der Waals surface area contributed by atoms with Crippen molar-refractivity contribution in [3.8, 4) is 0 Å². The Balaban J connectivity index is 1.93. The molecule has 0 aliphatic heterocycles. The second-order valence-corrected chi connectivity index (χ2v) is 6.24. The van der Waals surface area contributed by atoms with E-state index in [9.17, 15) is 4.79 Å². The van der Waals surface area contributed by atoms with E-state index in [-0.39, 0.29) is 12.0 Å². The lowest BCUT2D eigenvalue weighted by Gasteiger charge is -2.15. The highest BCUT2D eigenvalue weighted by molar-refractivity contribution is 7.98. The maximum Gasteiger partial charge on any atom is 0.224 e. The molecule has 0 aliphatic rings. The van der Waals surface area contributed by atoms with Gasteiger partial charge in [-0.2, -0.15) is 11.8 Å². The van der Waals surface area contributed by atoms with Gasteiger partial charge in [-0.1, -0.05) is 42.5 Å². The topological polar surface area (TPSA) is 38.3 Å². The van der Waals surface area contributed by atoms with E-state index in [2.05, 4.69) is 29.8 Å². The van der Waals surface area contributed by atoms with Crippen LogP contribution in [-0.2, 0) is 16.0 Å². The number of fused-ring (bicyclic) bond motifs is 1. The molecule has 0 aromatic heterocycles. The second-order valence-electron chi connectivity index (χ2n) is 5.26. The number of carbonyl (C=O) groups excluding carboxylic acids is 1. The van der Waals surface area contributed by atoms with Crippen molar-refractivity contribution in [1.82, 2.24) is 5.32 Å². The summed E-state index contributed by atoms with van der Waals surface area (Å²) in [6.07, 6.45) is 3.52. The first kappa shape index (κ1) is 16.8. The summed E-state index contributed by atoms with van der Waals surface area (Å²) in [5.41, 5.74) is 1.06. The fourth-order valence-corrected chi connectivity index (χ4v) is 2.96. The molecule has 1 N–H and O–H groups in total. The average Bonchev–Trinajstić information content (AvgIpc) is 2.55. The maximum absolute atomic E-state index is 12.2. The minimum absolute atomic E-state index is 0.0440. The van der Waals surface area contributed by atoms with Crippen molar-refractivity contribution >= 4 is 28.4 Å². The monoisotopic (exact) mass is 317 g/mol. The summed E-state index contributed by atoms with van der Waals surface area (Å²) in [7, 11) is 1.70. The van der Waals surface area contributed by atoms with Crippen molar-refractivity contribution in [2.45, 2.75) is 18.9 Å². The van der Waals surface area contributed by atoms with Crippen LogP contribution in [0.1, 0.15) is 12.0 Å². The molecule has 0 fully saturated rings. The van der Waals surface area contributed by atoms with Crippen molar-refractivity contribution in [1.29, 1.82) is 0 Å². The highest BCUT2D eigenvalue weighted by Gasteiger charge is 2.11. The fraction of sp³-hybridized carbons (Fsp3) is 0.389. The van der Waals surface area contributed by atoms with Crippen molar-refractivity contribution < 1.29 is 9.53 Å². The Morgan fingerprint density at radius 3 is 2.77 bits per heavy atom. The van der Waals surface area contributed by atoms with E-state index in [0.717, 1.165) is 23.1 Å². The van der Waals surface area contributed by atoms with Gasteiger partial charge in [0.25, 0.3) is 0 Å². The molecular formula is C18H23NO2S. The number of rotatable bonds is 8. The Labute approximate surface area is 136 Å². The Bertz CT molecular complexity index is 610. The quantitative estimate of drug-likeness (QED) is 0.812. The normalized spacial score (nSPS) is 12.3. The molecular weight excluding hydrogens is 294 g/mol. The molecule has 1 amide bonds. The van der Waals surface area contributed by atoms with Crippen LogP contribution in [0.15, 0.2) is 42.5 Å². The van der Waals surface area contributed by atoms with Crippen LogP contribution < -0.4 is 5.32 Å². The zero-order chi connectivity index (χ0) is 15.8. The zero-order valence-electron chi connectivity index (χ0n) is 13.2. The number of hydrogen-bond acceptors (Lipinski definition) is 3. The van der Waals surface area contributed by atoms with Crippen LogP contribution in [0.25, 0.3) is 10.8 Å². The zero-order valence-corrected chi connectivity index (χ0v) is 14.0. The number of thioether (sulfide) groups is 1. The second kappa shape index (κ2) is 8.81. The number of benzene rings is 2. The van der Waals surface area contributed by atoms with Crippen LogP contribution in [0.5, 0.6) is 0 Å². The summed E-state index contributed by atoms with van der Waals surface area (Å²) in [6, 6.07) is 14.2. The lowest BCUT2D eigenvalue weighted by Crippen LogP contribution is -2.34. The average molecular weight is 317 g/mol. The molecule has 0 spiro atoms. The Kier molecular flexibility index (Phi) is 6.74. The van der Waals surface area contributed by atoms with Crippen molar-refractivity contribution in [2.24, 2.45) is 0 Å². The minimum atomic E-state index is 0.0440. The van der Waals surface area contributed by atoms with Crippen LogP contribution in [0.3, 0.4) is 0 Å². The molecule has 0 bridgehead atoms. The molecule has 22 heavy (non-hydrogen) atoms. The highest BCUT2D eigenvalue weighted by atomic mass is 32.2. The van der Waals surface area contributed by atoms with Crippen molar-refractivity contribution in [2.75, 3.05) is 25.7 Å². The van der Waals surface area contributed by atoms with Gasteiger partial charge in [0.1, 0.15) is 0 Å². The lowest BCUT2D eigenvalue weighted by atomic mass is 10.0. The van der Waals surface area contributed by atoms with E-state index >= 15 is 0 Å². The van der Waals surface area contributed by atoms with E-state index in [1.165, 1.54) is 5.39 Å². The summed E-state index contributed by atoms with van der Waals surface area (Å²) in [5, 5.41) is 5.30. The molecule has 1 unspecified atom stereocenters. The van der Waals surface area contributed by atoms with Crippen LogP contribution in [0, 0.1) is 0 Å². The molecule has 4 heteroatoms. The van der Waals surface area contributed by atoms with Gasteiger partial charge in [0.15, 0.2) is 0 Å². The van der Waals surface area contributed by atoms with Gasteiger partial charge < -0.3 is 10.1 Å². The molecule has 0 aliphatic carbocycles. The molecule has 2 rings (SSSR count). The maximum atomic E-state index is 12.2. The molecule has 0 radical (unpaired) electrons. The third-order valence-corrected chi connectivity index (χ3v) is 4.38. The Hall–Kier alpha value is -1.52. The summed E-state index contributed by atoms with van der Waals surface area (Å²) >= 11 is 1.79. The number of amides is 1. The van der Waals surface area contributed by atoms with Gasteiger partial charge in [0.2, 0.25) is 5.91 Å². The SMILES string of the molecule is COC(CCSC)CNC(=O)Cc1cccc2ccccc12. The first-order valence-corrected chi connectivity index (χ1v) is 8.89. The van der Waals surface area contributed by atoms with Gasteiger partial charge in [0, 0.05) is 13.7 Å². The first-order valence-electron chi connectivity index (χ1n) is 7.49. The van der Waals surface area contributed by atoms with Crippen LogP contribution >= 0.6 is 11.8 Å². The van der Waals surface area contributed by atoms with Crippen LogP contribution in [0.2, 0.25) is 0 Å². The van der Waals surface area contributed by atoms with E-state index in [0.29, 0.717) is 13.0 Å². The first-order chi connectivity index (χ1) is 10.7. The number of hydrogen-bond donors (Lipinski definition) is 1. The predicted molar refractivity (Wildman–Crippen MR) is 94.5 cm³/mol. The smallest absolute Gasteiger partial charge is 0.224 e. The highest BCUT2D eigenvalue weighted by Crippen LogP contribution is 2.18. The van der Waals surface area contributed by atoms with E-state index in [4.69, 9.17) is 4.74 Å². The molecule has 0 heterocycles. The Morgan fingerprint density at radius 1 is 1.23 bits per heavy atom. The Morgan fingerprint density at radius 2 is 2.00 bits per heavy atom. The molecule has 0 saturated carbocycles.